The summed E-state index contributed by atoms with van der Waals surface area (Å²) in [6.45, 7) is 1.33. The van der Waals surface area contributed by atoms with Gasteiger partial charge in [0.05, 0.1) is 6.04 Å². The van der Waals surface area contributed by atoms with Gasteiger partial charge in [-0.25, -0.2) is 9.97 Å². The predicted octanol–water partition coefficient (Wildman–Crippen LogP) is 0.808. The van der Waals surface area contributed by atoms with Crippen molar-refractivity contribution >= 4 is 11.9 Å². The molecule has 1 fully saturated rings. The van der Waals surface area contributed by atoms with Gasteiger partial charge in [0.2, 0.25) is 5.95 Å². The zero-order valence-electron chi connectivity index (χ0n) is 10.2. The largest absolute Gasteiger partial charge is 0.348 e. The highest BCUT2D eigenvalue weighted by atomic mass is 16.2. The van der Waals surface area contributed by atoms with E-state index in [4.69, 9.17) is 0 Å². The van der Waals surface area contributed by atoms with Gasteiger partial charge in [-0.05, 0) is 18.2 Å². The van der Waals surface area contributed by atoms with Crippen LogP contribution in [0.25, 0.3) is 0 Å². The molecule has 0 aromatic carbocycles. The van der Waals surface area contributed by atoms with Gasteiger partial charge in [0.1, 0.15) is 0 Å². The molecule has 6 nitrogen and oxygen atoms in total. The third kappa shape index (κ3) is 2.52. The topological polar surface area (TPSA) is 71.0 Å². The zero-order chi connectivity index (χ0) is 13.1. The summed E-state index contributed by atoms with van der Waals surface area (Å²) in [6, 6.07) is 5.44. The van der Waals surface area contributed by atoms with Gasteiger partial charge in [-0.3, -0.25) is 9.78 Å². The van der Waals surface area contributed by atoms with Crippen molar-refractivity contribution in [3.8, 4) is 0 Å². The first-order valence-corrected chi connectivity index (χ1v) is 6.06. The average Bonchev–Trinajstić information content (AvgIpc) is 2.44. The average molecular weight is 255 g/mol. The van der Waals surface area contributed by atoms with E-state index in [1.807, 2.05) is 0 Å². The lowest BCUT2D eigenvalue weighted by atomic mass is 10.1. The summed E-state index contributed by atoms with van der Waals surface area (Å²) in [5, 5.41) is 3.19. The van der Waals surface area contributed by atoms with E-state index < -0.39 is 0 Å². The first-order chi connectivity index (χ1) is 9.33. The molecule has 1 saturated heterocycles. The molecule has 3 heterocycles. The quantitative estimate of drug-likeness (QED) is 0.878. The van der Waals surface area contributed by atoms with Gasteiger partial charge in [-0.15, -0.1) is 0 Å². The highest BCUT2D eigenvalue weighted by molar-refractivity contribution is 5.94. The second-order valence-electron chi connectivity index (χ2n) is 4.36. The molecule has 19 heavy (non-hydrogen) atoms. The molecule has 0 aliphatic carbocycles. The molecule has 0 saturated carbocycles. The number of pyridine rings is 1. The third-order valence-electron chi connectivity index (χ3n) is 3.00. The summed E-state index contributed by atoms with van der Waals surface area (Å²) in [5.74, 6) is 0.637. The van der Waals surface area contributed by atoms with E-state index in [0.717, 1.165) is 0 Å². The summed E-state index contributed by atoms with van der Waals surface area (Å²) in [5.41, 5.74) is 0.671. The molecule has 0 radical (unpaired) electrons. The van der Waals surface area contributed by atoms with Gasteiger partial charge in [-0.2, -0.15) is 0 Å². The lowest BCUT2D eigenvalue weighted by Gasteiger charge is -2.39. The summed E-state index contributed by atoms with van der Waals surface area (Å²) in [4.78, 5) is 25.9. The van der Waals surface area contributed by atoms with Crippen LogP contribution in [0.4, 0.5) is 5.95 Å². The Hall–Kier alpha value is -2.50. The fourth-order valence-electron chi connectivity index (χ4n) is 1.97. The van der Waals surface area contributed by atoms with E-state index in [2.05, 4.69) is 20.3 Å². The molecule has 1 N–H and O–H groups in total. The molecule has 1 aliphatic rings. The van der Waals surface area contributed by atoms with Gasteiger partial charge in [0.15, 0.2) is 0 Å². The van der Waals surface area contributed by atoms with Gasteiger partial charge in [0, 0.05) is 43.4 Å². The van der Waals surface area contributed by atoms with Crippen molar-refractivity contribution in [2.45, 2.75) is 6.04 Å². The van der Waals surface area contributed by atoms with Gasteiger partial charge in [0.25, 0.3) is 5.91 Å². The van der Waals surface area contributed by atoms with Crippen molar-refractivity contribution in [3.63, 3.8) is 0 Å². The van der Waals surface area contributed by atoms with Crippen LogP contribution >= 0.6 is 0 Å². The normalized spacial score (nSPS) is 14.8. The number of hydrogen-bond donors (Lipinski definition) is 1. The number of likely N-dealkylation sites (tertiary alicyclic amines) is 1. The minimum atomic E-state index is 0.0365. The van der Waals surface area contributed by atoms with Crippen molar-refractivity contribution in [3.05, 3.63) is 48.5 Å². The van der Waals surface area contributed by atoms with Crippen molar-refractivity contribution in [1.82, 2.24) is 19.9 Å². The van der Waals surface area contributed by atoms with Crippen LogP contribution in [0, 0.1) is 0 Å². The number of rotatable bonds is 3. The van der Waals surface area contributed by atoms with E-state index in [9.17, 15) is 4.79 Å². The summed E-state index contributed by atoms with van der Waals surface area (Å²) in [7, 11) is 0. The van der Waals surface area contributed by atoms with Crippen LogP contribution in [-0.4, -0.2) is 44.9 Å². The zero-order valence-corrected chi connectivity index (χ0v) is 10.2. The number of nitrogens with zero attached hydrogens (tertiary/aromatic N) is 4. The predicted molar refractivity (Wildman–Crippen MR) is 69.6 cm³/mol. The van der Waals surface area contributed by atoms with E-state index in [1.165, 1.54) is 0 Å². The van der Waals surface area contributed by atoms with E-state index in [0.29, 0.717) is 24.6 Å². The maximum Gasteiger partial charge on any atom is 0.254 e. The van der Waals surface area contributed by atoms with E-state index in [-0.39, 0.29) is 11.9 Å². The maximum atomic E-state index is 12.1. The van der Waals surface area contributed by atoms with Crippen LogP contribution in [0.3, 0.4) is 0 Å². The Morgan fingerprint density at radius 2 is 1.84 bits per heavy atom. The molecule has 0 bridgehead atoms. The Bertz CT molecular complexity index is 554. The summed E-state index contributed by atoms with van der Waals surface area (Å²) < 4.78 is 0. The standard InChI is InChI=1S/C13H13N5O/c19-12(10-2-6-14-7-3-10)18-8-11(9-18)17-13-15-4-1-5-16-13/h1-7,11H,8-9H2,(H,15,16,17). The van der Waals surface area contributed by atoms with Gasteiger partial charge in [-0.1, -0.05) is 0 Å². The van der Waals surface area contributed by atoms with Crippen LogP contribution < -0.4 is 5.32 Å². The smallest absolute Gasteiger partial charge is 0.254 e. The van der Waals surface area contributed by atoms with Crippen LogP contribution in [0.1, 0.15) is 10.4 Å². The second-order valence-corrected chi connectivity index (χ2v) is 4.36. The van der Waals surface area contributed by atoms with Crippen molar-refractivity contribution in [2.75, 3.05) is 18.4 Å². The molecule has 96 valence electrons. The number of hydrogen-bond acceptors (Lipinski definition) is 5. The minimum Gasteiger partial charge on any atom is -0.348 e. The molecule has 0 atom stereocenters. The Balaban J connectivity index is 1.54. The SMILES string of the molecule is O=C(c1ccncc1)N1CC(Nc2ncccn2)C1. The van der Waals surface area contributed by atoms with E-state index in [1.54, 1.807) is 47.9 Å². The second kappa shape index (κ2) is 5.01. The first-order valence-electron chi connectivity index (χ1n) is 6.06. The molecule has 2 aromatic heterocycles. The Morgan fingerprint density at radius 3 is 2.53 bits per heavy atom. The lowest BCUT2D eigenvalue weighted by molar-refractivity contribution is 0.0624. The third-order valence-corrected chi connectivity index (χ3v) is 3.00. The highest BCUT2D eigenvalue weighted by Gasteiger charge is 2.31. The minimum absolute atomic E-state index is 0.0365. The summed E-state index contributed by atoms with van der Waals surface area (Å²) in [6.07, 6.45) is 6.63. The molecular formula is C13H13N5O. The Kier molecular flexibility index (Phi) is 3.06. The van der Waals surface area contributed by atoms with Crippen LogP contribution in [0.2, 0.25) is 0 Å². The number of carbonyl (C=O) groups excluding carboxylic acids is 1. The van der Waals surface area contributed by atoms with Crippen LogP contribution in [-0.2, 0) is 0 Å². The lowest BCUT2D eigenvalue weighted by Crippen LogP contribution is -2.57. The Morgan fingerprint density at radius 1 is 1.16 bits per heavy atom. The molecule has 2 aromatic rings. The fraction of sp³-hybridized carbons (Fsp3) is 0.231. The number of aromatic nitrogens is 3. The van der Waals surface area contributed by atoms with Crippen molar-refractivity contribution in [1.29, 1.82) is 0 Å². The maximum absolute atomic E-state index is 12.1. The summed E-state index contributed by atoms with van der Waals surface area (Å²) >= 11 is 0. The van der Waals surface area contributed by atoms with Crippen LogP contribution in [0.5, 0.6) is 0 Å². The first kappa shape index (κ1) is 11.6. The molecule has 0 unspecified atom stereocenters. The number of nitrogens with one attached hydrogen (secondary N) is 1. The Labute approximate surface area is 110 Å². The molecule has 6 heteroatoms. The molecule has 3 rings (SSSR count). The molecule has 1 amide bonds. The molecular weight excluding hydrogens is 242 g/mol. The van der Waals surface area contributed by atoms with Gasteiger partial charge < -0.3 is 10.2 Å². The van der Waals surface area contributed by atoms with E-state index >= 15 is 0 Å². The highest BCUT2D eigenvalue weighted by Crippen LogP contribution is 2.15. The number of amides is 1. The number of anilines is 1. The van der Waals surface area contributed by atoms with Gasteiger partial charge >= 0.3 is 0 Å². The fourth-order valence-corrected chi connectivity index (χ4v) is 1.97. The van der Waals surface area contributed by atoms with Crippen molar-refractivity contribution < 1.29 is 4.79 Å². The van der Waals surface area contributed by atoms with Crippen molar-refractivity contribution in [2.24, 2.45) is 0 Å². The molecule has 0 spiro atoms. The van der Waals surface area contributed by atoms with Crippen LogP contribution in [0.15, 0.2) is 43.0 Å². The molecule has 1 aliphatic heterocycles. The number of carbonyl (C=O) groups is 1. The monoisotopic (exact) mass is 255 g/mol.